The summed E-state index contributed by atoms with van der Waals surface area (Å²) in [6.45, 7) is 1.65. The van der Waals surface area contributed by atoms with Gasteiger partial charge in [0.05, 0.1) is 12.2 Å². The molecule has 0 bridgehead atoms. The summed E-state index contributed by atoms with van der Waals surface area (Å²) in [5.74, 6) is 0.188. The van der Waals surface area contributed by atoms with Gasteiger partial charge in [0.2, 0.25) is 0 Å². The molecule has 0 spiro atoms. The molecule has 1 aliphatic heterocycles. The van der Waals surface area contributed by atoms with E-state index in [1.807, 2.05) is 30.3 Å². The Kier molecular flexibility index (Phi) is 5.28. The van der Waals surface area contributed by atoms with E-state index in [1.54, 1.807) is 4.90 Å². The number of hydrogen-bond donors (Lipinski definition) is 0. The lowest BCUT2D eigenvalue weighted by molar-refractivity contribution is -0.126. The van der Waals surface area contributed by atoms with Gasteiger partial charge in [-0.2, -0.15) is 0 Å². The topological polar surface area (TPSA) is 55.8 Å². The Balaban J connectivity index is 1.35. The van der Waals surface area contributed by atoms with Gasteiger partial charge >= 0.3 is 6.09 Å². The number of piperidine rings is 1. The first-order valence-corrected chi connectivity index (χ1v) is 8.31. The van der Waals surface area contributed by atoms with Gasteiger partial charge in [-0.25, -0.2) is 4.79 Å². The van der Waals surface area contributed by atoms with Crippen molar-refractivity contribution >= 4 is 12.4 Å². The highest BCUT2D eigenvalue weighted by Gasteiger charge is 2.33. The molecule has 124 valence electrons. The quantitative estimate of drug-likeness (QED) is 0.784. The highest BCUT2D eigenvalue weighted by Crippen LogP contribution is 2.31. The summed E-state index contributed by atoms with van der Waals surface area (Å²) in [5.41, 5.74) is 0.994. The van der Waals surface area contributed by atoms with E-state index in [-0.39, 0.29) is 24.2 Å². The molecule has 2 aliphatic rings. The lowest BCUT2D eigenvalue weighted by atomic mass is 9.83. The average Bonchev–Trinajstić information content (AvgIpc) is 2.57. The Morgan fingerprint density at radius 1 is 1.13 bits per heavy atom. The fourth-order valence-corrected chi connectivity index (χ4v) is 3.09. The number of carbonyl (C=O) groups excluding carboxylic acids is 2. The number of rotatable bonds is 5. The predicted octanol–water partition coefficient (Wildman–Crippen LogP) is 2.78. The van der Waals surface area contributed by atoms with Crippen molar-refractivity contribution in [2.45, 2.75) is 44.5 Å². The van der Waals surface area contributed by atoms with E-state index < -0.39 is 0 Å². The van der Waals surface area contributed by atoms with Crippen LogP contribution in [0.2, 0.25) is 0 Å². The fraction of sp³-hybridized carbons (Fsp3) is 0.556. The second-order valence-corrected chi connectivity index (χ2v) is 6.35. The van der Waals surface area contributed by atoms with E-state index in [4.69, 9.17) is 9.47 Å². The van der Waals surface area contributed by atoms with Gasteiger partial charge in [0, 0.05) is 19.0 Å². The number of carbonyl (C=O) groups is 2. The first-order valence-electron chi connectivity index (χ1n) is 8.31. The van der Waals surface area contributed by atoms with Crippen LogP contribution in [0.1, 0.15) is 31.2 Å². The smallest absolute Gasteiger partial charge is 0.410 e. The molecular formula is C18H23NO4. The molecule has 1 aliphatic carbocycles. The molecule has 2 fully saturated rings. The third-order valence-corrected chi connectivity index (χ3v) is 4.61. The molecule has 0 atom stereocenters. The maximum Gasteiger partial charge on any atom is 0.410 e. The molecule has 23 heavy (non-hydrogen) atoms. The number of hydrogen-bond acceptors (Lipinski definition) is 4. The van der Waals surface area contributed by atoms with Crippen molar-refractivity contribution < 1.29 is 19.1 Å². The lowest BCUT2D eigenvalue weighted by Gasteiger charge is -2.38. The van der Waals surface area contributed by atoms with Gasteiger partial charge < -0.3 is 19.2 Å². The number of aldehydes is 1. The second-order valence-electron chi connectivity index (χ2n) is 6.35. The lowest BCUT2D eigenvalue weighted by Crippen LogP contribution is -2.43. The zero-order valence-corrected chi connectivity index (χ0v) is 13.2. The van der Waals surface area contributed by atoms with Gasteiger partial charge in [-0.15, -0.1) is 0 Å². The van der Waals surface area contributed by atoms with Crippen LogP contribution in [0.5, 0.6) is 0 Å². The van der Waals surface area contributed by atoms with Crippen LogP contribution in [0.25, 0.3) is 0 Å². The Morgan fingerprint density at radius 2 is 1.83 bits per heavy atom. The molecule has 1 aromatic carbocycles. The molecule has 0 radical (unpaired) electrons. The van der Waals surface area contributed by atoms with E-state index in [9.17, 15) is 9.59 Å². The molecule has 5 heteroatoms. The number of ether oxygens (including phenoxy) is 2. The van der Waals surface area contributed by atoms with Crippen LogP contribution in [-0.2, 0) is 20.9 Å². The van der Waals surface area contributed by atoms with Crippen LogP contribution in [0.4, 0.5) is 4.79 Å². The molecule has 0 unspecified atom stereocenters. The van der Waals surface area contributed by atoms with E-state index in [1.165, 1.54) is 0 Å². The fourth-order valence-electron chi connectivity index (χ4n) is 3.09. The number of nitrogens with zero attached hydrogens (tertiary/aromatic N) is 1. The van der Waals surface area contributed by atoms with E-state index in [2.05, 4.69) is 0 Å². The van der Waals surface area contributed by atoms with Crippen molar-refractivity contribution in [2.24, 2.45) is 5.92 Å². The first kappa shape index (κ1) is 16.0. The van der Waals surface area contributed by atoms with Crippen molar-refractivity contribution in [1.82, 2.24) is 4.90 Å². The summed E-state index contributed by atoms with van der Waals surface area (Å²) in [5, 5.41) is 0. The summed E-state index contributed by atoms with van der Waals surface area (Å²) >= 11 is 0. The number of benzene rings is 1. The molecule has 0 aromatic heterocycles. The van der Waals surface area contributed by atoms with Crippen LogP contribution in [0.15, 0.2) is 30.3 Å². The van der Waals surface area contributed by atoms with Gasteiger partial charge in [0.15, 0.2) is 0 Å². The van der Waals surface area contributed by atoms with Crippen LogP contribution in [0, 0.1) is 5.92 Å². The van der Waals surface area contributed by atoms with Gasteiger partial charge in [-0.05, 0) is 31.2 Å². The molecule has 1 heterocycles. The van der Waals surface area contributed by atoms with Crippen LogP contribution in [-0.4, -0.2) is 42.6 Å². The van der Waals surface area contributed by atoms with Crippen molar-refractivity contribution in [2.75, 3.05) is 13.1 Å². The zero-order valence-electron chi connectivity index (χ0n) is 13.2. The normalized spacial score (nSPS) is 24.8. The molecule has 5 nitrogen and oxygen atoms in total. The number of amides is 1. The van der Waals surface area contributed by atoms with Gasteiger partial charge in [0.25, 0.3) is 0 Å². The summed E-state index contributed by atoms with van der Waals surface area (Å²) in [6, 6.07) is 9.69. The maximum atomic E-state index is 12.1. The van der Waals surface area contributed by atoms with Crippen molar-refractivity contribution in [1.29, 1.82) is 0 Å². The monoisotopic (exact) mass is 317 g/mol. The molecule has 1 saturated heterocycles. The van der Waals surface area contributed by atoms with Gasteiger partial charge in [-0.1, -0.05) is 30.3 Å². The predicted molar refractivity (Wildman–Crippen MR) is 84.9 cm³/mol. The Morgan fingerprint density at radius 3 is 2.48 bits per heavy atom. The molecular weight excluding hydrogens is 294 g/mol. The minimum absolute atomic E-state index is 0.188. The third-order valence-electron chi connectivity index (χ3n) is 4.61. The Labute approximate surface area is 136 Å². The highest BCUT2D eigenvalue weighted by atomic mass is 16.6. The SMILES string of the molecule is O=C[C@H]1C[C@H](OC2CCN(C(=O)OCc3ccccc3)CC2)C1. The zero-order chi connectivity index (χ0) is 16.1. The largest absolute Gasteiger partial charge is 0.445 e. The summed E-state index contributed by atoms with van der Waals surface area (Å²) in [6.07, 6.45) is 4.57. The molecule has 0 N–H and O–H groups in total. The van der Waals surface area contributed by atoms with Gasteiger partial charge in [0.1, 0.15) is 12.9 Å². The summed E-state index contributed by atoms with van der Waals surface area (Å²) in [7, 11) is 0. The standard InChI is InChI=1S/C18H23NO4/c20-12-15-10-17(11-15)23-16-6-8-19(9-7-16)18(21)22-13-14-4-2-1-3-5-14/h1-5,12,15-17H,6-11,13H2/t15-,17-. The minimum Gasteiger partial charge on any atom is -0.445 e. The van der Waals surface area contributed by atoms with Crippen molar-refractivity contribution in [3.8, 4) is 0 Å². The van der Waals surface area contributed by atoms with E-state index in [0.717, 1.165) is 37.5 Å². The molecule has 1 saturated carbocycles. The molecule has 3 rings (SSSR count). The summed E-state index contributed by atoms with van der Waals surface area (Å²) < 4.78 is 11.3. The van der Waals surface area contributed by atoms with E-state index in [0.29, 0.717) is 19.7 Å². The molecule has 1 aromatic rings. The average molecular weight is 317 g/mol. The Bertz CT molecular complexity index is 519. The third kappa shape index (κ3) is 4.32. The highest BCUT2D eigenvalue weighted by molar-refractivity contribution is 5.67. The maximum absolute atomic E-state index is 12.1. The number of likely N-dealkylation sites (tertiary alicyclic amines) is 1. The van der Waals surface area contributed by atoms with Crippen LogP contribution in [0.3, 0.4) is 0 Å². The van der Waals surface area contributed by atoms with Crippen LogP contribution >= 0.6 is 0 Å². The van der Waals surface area contributed by atoms with E-state index >= 15 is 0 Å². The van der Waals surface area contributed by atoms with Crippen molar-refractivity contribution in [3.05, 3.63) is 35.9 Å². The Hall–Kier alpha value is -1.88. The van der Waals surface area contributed by atoms with Crippen LogP contribution < -0.4 is 0 Å². The van der Waals surface area contributed by atoms with Crippen molar-refractivity contribution in [3.63, 3.8) is 0 Å². The van der Waals surface area contributed by atoms with Gasteiger partial charge in [-0.3, -0.25) is 0 Å². The molecule has 1 amide bonds. The minimum atomic E-state index is -0.253. The first-order chi connectivity index (χ1) is 11.2. The summed E-state index contributed by atoms with van der Waals surface area (Å²) in [4.78, 5) is 24.4. The second kappa shape index (κ2) is 7.59.